The summed E-state index contributed by atoms with van der Waals surface area (Å²) in [6, 6.07) is 3.56. The van der Waals surface area contributed by atoms with Crippen LogP contribution in [0, 0.1) is 20.8 Å². The van der Waals surface area contributed by atoms with Gasteiger partial charge in [0, 0.05) is 0 Å². The van der Waals surface area contributed by atoms with Gasteiger partial charge in [0.2, 0.25) is 0 Å². The van der Waals surface area contributed by atoms with Crippen LogP contribution in [0.2, 0.25) is 0 Å². The Balaban J connectivity index is 3.26. The summed E-state index contributed by atoms with van der Waals surface area (Å²) in [6.45, 7) is 5.33. The molecule has 15 heavy (non-hydrogen) atoms. The predicted molar refractivity (Wildman–Crippen MR) is 59.5 cm³/mol. The average molecular weight is 279 g/mol. The topological polar surface area (TPSA) is 20.2 Å². The van der Waals surface area contributed by atoms with Crippen molar-refractivity contribution in [3.63, 3.8) is 0 Å². The molecule has 0 radical (unpaired) electrons. The van der Waals surface area contributed by atoms with Crippen molar-refractivity contribution in [3.8, 4) is 0 Å². The van der Waals surface area contributed by atoms with Crippen molar-refractivity contribution >= 4 is 15.9 Å². The average Bonchev–Trinajstić information content (AvgIpc) is 1.99. The Labute approximate surface area is 96.2 Å². The number of benzene rings is 1. The van der Waals surface area contributed by atoms with E-state index >= 15 is 0 Å². The smallest absolute Gasteiger partial charge is 0.330 e. The van der Waals surface area contributed by atoms with Gasteiger partial charge in [0.05, 0.1) is 0 Å². The van der Waals surface area contributed by atoms with Gasteiger partial charge < -0.3 is 5.11 Å². The minimum atomic E-state index is -3.29. The van der Waals surface area contributed by atoms with Gasteiger partial charge in [0.1, 0.15) is 0 Å². The molecule has 1 rings (SSSR count). The Hall–Kier alpha value is -0.480. The fourth-order valence-electron chi connectivity index (χ4n) is 1.79. The van der Waals surface area contributed by atoms with Crippen LogP contribution in [-0.2, 0) is 0 Å². The summed E-state index contributed by atoms with van der Waals surface area (Å²) in [4.78, 5) is -3.29. The predicted octanol–water partition coefficient (Wildman–Crippen LogP) is 3.63. The maximum atomic E-state index is 12.9. The summed E-state index contributed by atoms with van der Waals surface area (Å²) in [6.07, 6.45) is -1.81. The maximum absolute atomic E-state index is 12.9. The monoisotopic (exact) mass is 278 g/mol. The molecule has 1 atom stereocenters. The number of hydrogen-bond donors (Lipinski definition) is 1. The van der Waals surface area contributed by atoms with E-state index in [1.807, 2.05) is 6.92 Å². The number of hydrogen-bond acceptors (Lipinski definition) is 1. The molecule has 1 N–H and O–H groups in total. The van der Waals surface area contributed by atoms with Gasteiger partial charge in [0.15, 0.2) is 6.10 Å². The number of aliphatic hydroxyl groups is 1. The van der Waals surface area contributed by atoms with E-state index in [2.05, 4.69) is 15.9 Å². The van der Waals surface area contributed by atoms with E-state index in [4.69, 9.17) is 0 Å². The van der Waals surface area contributed by atoms with Crippen molar-refractivity contribution in [2.45, 2.75) is 31.7 Å². The molecule has 0 bridgehead atoms. The maximum Gasteiger partial charge on any atom is 0.330 e. The first-order valence-corrected chi connectivity index (χ1v) is 5.35. The van der Waals surface area contributed by atoms with Crippen LogP contribution in [0.3, 0.4) is 0 Å². The fraction of sp³-hybridized carbons (Fsp3) is 0.455. The molecule has 0 heterocycles. The quantitative estimate of drug-likeness (QED) is 0.819. The van der Waals surface area contributed by atoms with Crippen molar-refractivity contribution in [1.29, 1.82) is 0 Å². The van der Waals surface area contributed by atoms with Gasteiger partial charge in [-0.05, 0) is 53.4 Å². The molecule has 0 saturated carbocycles. The summed E-state index contributed by atoms with van der Waals surface area (Å²) < 4.78 is 25.9. The summed E-state index contributed by atoms with van der Waals surface area (Å²) in [5.74, 6) is 0. The molecule has 0 aliphatic rings. The summed E-state index contributed by atoms with van der Waals surface area (Å²) in [5.41, 5.74) is 2.65. The SMILES string of the molecule is Cc1cc(C)c([C@@H](O)C(F)(F)Br)c(C)c1. The number of halogens is 3. The highest BCUT2D eigenvalue weighted by Gasteiger charge is 2.37. The molecule has 84 valence electrons. The lowest BCUT2D eigenvalue weighted by Crippen LogP contribution is -2.20. The third-order valence-corrected chi connectivity index (χ3v) is 2.76. The Morgan fingerprint density at radius 2 is 1.60 bits per heavy atom. The lowest BCUT2D eigenvalue weighted by Gasteiger charge is -2.21. The molecule has 1 nitrogen and oxygen atoms in total. The number of aliphatic hydroxyl groups excluding tert-OH is 1. The third kappa shape index (κ3) is 2.75. The van der Waals surface area contributed by atoms with E-state index in [-0.39, 0.29) is 0 Å². The molecule has 0 saturated heterocycles. The molecule has 0 fully saturated rings. The molecule has 0 spiro atoms. The number of alkyl halides is 3. The molecule has 4 heteroatoms. The fourth-order valence-corrected chi connectivity index (χ4v) is 2.02. The lowest BCUT2D eigenvalue weighted by atomic mass is 9.96. The summed E-state index contributed by atoms with van der Waals surface area (Å²) in [5, 5.41) is 9.51. The first kappa shape index (κ1) is 12.6. The summed E-state index contributed by atoms with van der Waals surface area (Å²) >= 11 is 2.18. The minimum absolute atomic E-state index is 0.294. The normalized spacial score (nSPS) is 14.1. The zero-order valence-corrected chi connectivity index (χ0v) is 10.4. The van der Waals surface area contributed by atoms with Crippen molar-refractivity contribution in [2.75, 3.05) is 0 Å². The van der Waals surface area contributed by atoms with E-state index < -0.39 is 10.9 Å². The Bertz CT molecular complexity index is 348. The van der Waals surface area contributed by atoms with Crippen LogP contribution in [0.1, 0.15) is 28.4 Å². The molecule has 0 aliphatic heterocycles. The first-order valence-electron chi connectivity index (χ1n) is 4.56. The van der Waals surface area contributed by atoms with Gasteiger partial charge in [-0.25, -0.2) is 0 Å². The zero-order valence-electron chi connectivity index (χ0n) is 8.81. The minimum Gasteiger partial charge on any atom is -0.381 e. The van der Waals surface area contributed by atoms with Crippen LogP contribution in [0.25, 0.3) is 0 Å². The standard InChI is InChI=1S/C11H13BrF2O/c1-6-4-7(2)9(8(3)5-6)10(15)11(12,13)14/h4-5,10,15H,1-3H3/t10-/m1/s1. The van der Waals surface area contributed by atoms with E-state index in [1.165, 1.54) is 0 Å². The highest BCUT2D eigenvalue weighted by atomic mass is 79.9. The molecule has 0 unspecified atom stereocenters. The first-order chi connectivity index (χ1) is 6.73. The highest BCUT2D eigenvalue weighted by molar-refractivity contribution is 9.10. The van der Waals surface area contributed by atoms with E-state index in [1.54, 1.807) is 26.0 Å². The van der Waals surface area contributed by atoms with Gasteiger partial charge in [-0.1, -0.05) is 17.7 Å². The number of aryl methyl sites for hydroxylation is 3. The Morgan fingerprint density at radius 1 is 1.20 bits per heavy atom. The molecule has 1 aromatic rings. The molecular formula is C11H13BrF2O. The largest absolute Gasteiger partial charge is 0.381 e. The second-order valence-electron chi connectivity index (χ2n) is 3.76. The molecule has 1 aromatic carbocycles. The van der Waals surface area contributed by atoms with Crippen molar-refractivity contribution in [2.24, 2.45) is 0 Å². The van der Waals surface area contributed by atoms with Crippen molar-refractivity contribution in [1.82, 2.24) is 0 Å². The second kappa shape index (κ2) is 4.18. The van der Waals surface area contributed by atoms with Gasteiger partial charge in [0.25, 0.3) is 0 Å². The van der Waals surface area contributed by atoms with E-state index in [9.17, 15) is 13.9 Å². The van der Waals surface area contributed by atoms with E-state index in [0.29, 0.717) is 16.7 Å². The van der Waals surface area contributed by atoms with Gasteiger partial charge in [-0.2, -0.15) is 8.78 Å². The van der Waals surface area contributed by atoms with Gasteiger partial charge in [-0.15, -0.1) is 0 Å². The molecule has 0 amide bonds. The van der Waals surface area contributed by atoms with E-state index in [0.717, 1.165) is 5.56 Å². The lowest BCUT2D eigenvalue weighted by molar-refractivity contribution is -0.0301. The molecule has 0 aliphatic carbocycles. The Kier molecular flexibility index (Phi) is 3.51. The second-order valence-corrected chi connectivity index (χ2v) is 4.81. The zero-order chi connectivity index (χ0) is 11.8. The van der Waals surface area contributed by atoms with Crippen LogP contribution >= 0.6 is 15.9 Å². The Morgan fingerprint density at radius 3 is 1.93 bits per heavy atom. The highest BCUT2D eigenvalue weighted by Crippen LogP contribution is 2.39. The molecule has 0 aromatic heterocycles. The van der Waals surface area contributed by atoms with Gasteiger partial charge >= 0.3 is 4.83 Å². The van der Waals surface area contributed by atoms with Crippen molar-refractivity contribution < 1.29 is 13.9 Å². The number of rotatable bonds is 2. The summed E-state index contributed by atoms with van der Waals surface area (Å²) in [7, 11) is 0. The third-order valence-electron chi connectivity index (χ3n) is 2.32. The van der Waals surface area contributed by atoms with Crippen LogP contribution < -0.4 is 0 Å². The molecular weight excluding hydrogens is 266 g/mol. The van der Waals surface area contributed by atoms with Gasteiger partial charge in [-0.3, -0.25) is 0 Å². The van der Waals surface area contributed by atoms with Crippen LogP contribution in [0.15, 0.2) is 12.1 Å². The van der Waals surface area contributed by atoms with Crippen molar-refractivity contribution in [3.05, 3.63) is 34.4 Å². The van der Waals surface area contributed by atoms with Crippen LogP contribution in [-0.4, -0.2) is 9.94 Å². The van der Waals surface area contributed by atoms with Crippen LogP contribution in [0.4, 0.5) is 8.78 Å². The van der Waals surface area contributed by atoms with Crippen LogP contribution in [0.5, 0.6) is 0 Å².